The number of alkyl halides is 3. The molecule has 0 aliphatic carbocycles. The highest BCUT2D eigenvalue weighted by molar-refractivity contribution is 7.80. The summed E-state index contributed by atoms with van der Waals surface area (Å²) in [4.78, 5) is 15.3. The Labute approximate surface area is 172 Å². The van der Waals surface area contributed by atoms with E-state index in [1.54, 1.807) is 0 Å². The molecule has 0 spiro atoms. The van der Waals surface area contributed by atoms with Crippen molar-refractivity contribution in [3.63, 3.8) is 0 Å². The molecule has 1 aliphatic rings. The molecule has 2 atom stereocenters. The van der Waals surface area contributed by atoms with Gasteiger partial charge in [-0.3, -0.25) is 19.0 Å². The van der Waals surface area contributed by atoms with E-state index in [1.807, 2.05) is 0 Å². The monoisotopic (exact) mass is 445 g/mol. The lowest BCUT2D eigenvalue weighted by Gasteiger charge is -2.40. The maximum absolute atomic E-state index is 13.7. The van der Waals surface area contributed by atoms with E-state index in [4.69, 9.17) is 4.55 Å². The van der Waals surface area contributed by atoms with Gasteiger partial charge in [-0.25, -0.2) is 8.60 Å². The second-order valence-electron chi connectivity index (χ2n) is 6.75. The minimum atomic E-state index is -4.54. The van der Waals surface area contributed by atoms with Gasteiger partial charge in [0.25, 0.3) is 17.2 Å². The molecule has 162 valence electrons. The number of hydrogen-bond donors (Lipinski definition) is 2. The summed E-state index contributed by atoms with van der Waals surface area (Å²) < 4.78 is 75.9. The van der Waals surface area contributed by atoms with E-state index in [1.165, 1.54) is 34.1 Å². The van der Waals surface area contributed by atoms with Crippen LogP contribution in [0.2, 0.25) is 0 Å². The van der Waals surface area contributed by atoms with Gasteiger partial charge in [-0.15, -0.1) is 0 Å². The molecule has 1 amide bonds. The standard InChI is InChI=1S/C19H19F4N3O3S/c20-15-5-1-13(2-6-15)17(19(21,22)23)25-9-11-26(12-10-25)18(27)14-3-7-16(8-4-14)24-30(28)29/h1-8,17,24H,9-12H2,(H,28,29). The average Bonchev–Trinajstić information content (AvgIpc) is 2.69. The molecular weight excluding hydrogens is 426 g/mol. The molecule has 0 bridgehead atoms. The molecule has 1 aliphatic heterocycles. The molecule has 6 nitrogen and oxygen atoms in total. The normalized spacial score (nSPS) is 17.4. The average molecular weight is 445 g/mol. The lowest BCUT2D eigenvalue weighted by atomic mass is 10.0. The summed E-state index contributed by atoms with van der Waals surface area (Å²) in [5.41, 5.74) is 0.626. The Balaban J connectivity index is 1.67. The van der Waals surface area contributed by atoms with Crippen LogP contribution in [0.15, 0.2) is 48.5 Å². The smallest absolute Gasteiger partial charge is 0.336 e. The largest absolute Gasteiger partial charge is 0.408 e. The number of hydrogen-bond acceptors (Lipinski definition) is 3. The molecule has 1 heterocycles. The topological polar surface area (TPSA) is 72.9 Å². The van der Waals surface area contributed by atoms with Gasteiger partial charge in [0.1, 0.15) is 11.9 Å². The van der Waals surface area contributed by atoms with Gasteiger partial charge in [0.2, 0.25) is 0 Å². The fourth-order valence-corrected chi connectivity index (χ4v) is 3.74. The fraction of sp³-hybridized carbons (Fsp3) is 0.316. The molecule has 2 aromatic carbocycles. The van der Waals surface area contributed by atoms with Crippen LogP contribution in [0.25, 0.3) is 0 Å². The maximum atomic E-state index is 13.7. The van der Waals surface area contributed by atoms with Crippen molar-refractivity contribution in [2.45, 2.75) is 12.2 Å². The second kappa shape index (κ2) is 9.11. The molecule has 1 saturated heterocycles. The van der Waals surface area contributed by atoms with Gasteiger partial charge in [0, 0.05) is 37.4 Å². The van der Waals surface area contributed by atoms with Crippen molar-refractivity contribution in [3.8, 4) is 0 Å². The first kappa shape index (κ1) is 22.2. The van der Waals surface area contributed by atoms with Crippen LogP contribution in [0.4, 0.5) is 23.2 Å². The van der Waals surface area contributed by atoms with Gasteiger partial charge in [0.05, 0.1) is 0 Å². The van der Waals surface area contributed by atoms with Crippen molar-refractivity contribution < 1.29 is 31.1 Å². The lowest BCUT2D eigenvalue weighted by molar-refractivity contribution is -0.189. The minimum absolute atomic E-state index is 0.0103. The van der Waals surface area contributed by atoms with Gasteiger partial charge >= 0.3 is 6.18 Å². The number of carbonyl (C=O) groups excluding carboxylic acids is 1. The third-order valence-corrected chi connectivity index (χ3v) is 5.21. The van der Waals surface area contributed by atoms with Crippen LogP contribution in [0.1, 0.15) is 22.0 Å². The first-order valence-corrected chi connectivity index (χ1v) is 10.1. The molecule has 0 aromatic heterocycles. The first-order chi connectivity index (χ1) is 14.1. The predicted molar refractivity (Wildman–Crippen MR) is 104 cm³/mol. The lowest BCUT2D eigenvalue weighted by Crippen LogP contribution is -2.52. The number of piperazine rings is 1. The SMILES string of the molecule is O=C(c1ccc(NS(=O)O)cc1)N1CCN(C(c2ccc(F)cc2)C(F)(F)F)CC1. The van der Waals surface area contributed by atoms with Crippen molar-refractivity contribution in [1.29, 1.82) is 0 Å². The molecule has 3 rings (SSSR count). The summed E-state index contributed by atoms with van der Waals surface area (Å²) >= 11 is -2.23. The Morgan fingerprint density at radius 2 is 1.57 bits per heavy atom. The van der Waals surface area contributed by atoms with Crippen molar-refractivity contribution >= 4 is 22.9 Å². The van der Waals surface area contributed by atoms with Crippen LogP contribution in [0, 0.1) is 5.82 Å². The first-order valence-electron chi connectivity index (χ1n) is 8.98. The number of nitrogens with zero attached hydrogens (tertiary/aromatic N) is 2. The summed E-state index contributed by atoms with van der Waals surface area (Å²) in [7, 11) is 0. The number of rotatable bonds is 5. The number of benzene rings is 2. The minimum Gasteiger partial charge on any atom is -0.336 e. The molecule has 11 heteroatoms. The third kappa shape index (κ3) is 5.35. The predicted octanol–water partition coefficient (Wildman–Crippen LogP) is 3.44. The van der Waals surface area contributed by atoms with E-state index in [2.05, 4.69) is 4.72 Å². The third-order valence-electron chi connectivity index (χ3n) is 4.80. The zero-order valence-electron chi connectivity index (χ0n) is 15.6. The second-order valence-corrected chi connectivity index (χ2v) is 7.45. The summed E-state index contributed by atoms with van der Waals surface area (Å²) in [6.45, 7) is 0.230. The number of anilines is 1. The Morgan fingerprint density at radius 1 is 1.00 bits per heavy atom. The van der Waals surface area contributed by atoms with Crippen molar-refractivity contribution in [2.75, 3.05) is 30.9 Å². The molecule has 2 N–H and O–H groups in total. The zero-order valence-corrected chi connectivity index (χ0v) is 16.4. The molecule has 2 unspecified atom stereocenters. The number of carbonyl (C=O) groups is 1. The quantitative estimate of drug-likeness (QED) is 0.547. The highest BCUT2D eigenvalue weighted by atomic mass is 32.2. The Morgan fingerprint density at radius 3 is 2.07 bits per heavy atom. The number of halogens is 4. The molecule has 0 radical (unpaired) electrons. The van der Waals surface area contributed by atoms with E-state index in [0.717, 1.165) is 24.3 Å². The molecule has 2 aromatic rings. The summed E-state index contributed by atoms with van der Waals surface area (Å²) in [5, 5.41) is 0. The van der Waals surface area contributed by atoms with E-state index < -0.39 is 29.3 Å². The van der Waals surface area contributed by atoms with E-state index in [9.17, 15) is 26.6 Å². The molecular formula is C19H19F4N3O3S. The number of nitrogens with one attached hydrogen (secondary N) is 1. The van der Waals surface area contributed by atoms with Crippen LogP contribution in [0.5, 0.6) is 0 Å². The molecule has 30 heavy (non-hydrogen) atoms. The Bertz CT molecular complexity index is 899. The van der Waals surface area contributed by atoms with Crippen LogP contribution >= 0.6 is 0 Å². The Kier molecular flexibility index (Phi) is 6.74. The Hall–Kier alpha value is -2.50. The van der Waals surface area contributed by atoms with Crippen molar-refractivity contribution in [3.05, 3.63) is 65.5 Å². The maximum Gasteiger partial charge on any atom is 0.408 e. The van der Waals surface area contributed by atoms with Gasteiger partial charge in [-0.2, -0.15) is 13.2 Å². The number of amides is 1. The van der Waals surface area contributed by atoms with Crippen molar-refractivity contribution in [1.82, 2.24) is 9.80 Å². The van der Waals surface area contributed by atoms with Gasteiger partial charge in [-0.1, -0.05) is 12.1 Å². The van der Waals surface area contributed by atoms with Crippen LogP contribution in [0.3, 0.4) is 0 Å². The van der Waals surface area contributed by atoms with Gasteiger partial charge in [0.15, 0.2) is 0 Å². The summed E-state index contributed by atoms with van der Waals surface area (Å²) in [5.74, 6) is -0.946. The highest BCUT2D eigenvalue weighted by Gasteiger charge is 2.45. The van der Waals surface area contributed by atoms with Gasteiger partial charge in [-0.05, 0) is 42.0 Å². The van der Waals surface area contributed by atoms with Crippen molar-refractivity contribution in [2.24, 2.45) is 0 Å². The summed E-state index contributed by atoms with van der Waals surface area (Å²) in [6, 6.07) is 8.25. The van der Waals surface area contributed by atoms with E-state index in [0.29, 0.717) is 11.3 Å². The zero-order chi connectivity index (χ0) is 21.9. The van der Waals surface area contributed by atoms with Crippen LogP contribution in [-0.2, 0) is 11.3 Å². The van der Waals surface area contributed by atoms with Gasteiger partial charge < -0.3 is 4.90 Å². The van der Waals surface area contributed by atoms with Crippen LogP contribution < -0.4 is 4.72 Å². The van der Waals surface area contributed by atoms with E-state index in [-0.39, 0.29) is 37.6 Å². The highest BCUT2D eigenvalue weighted by Crippen LogP contribution is 2.38. The fourth-order valence-electron chi connectivity index (χ4n) is 3.40. The van der Waals surface area contributed by atoms with E-state index >= 15 is 0 Å². The molecule has 1 fully saturated rings. The van der Waals surface area contributed by atoms with Crippen LogP contribution in [-0.4, -0.2) is 56.8 Å². The summed E-state index contributed by atoms with van der Waals surface area (Å²) in [6.07, 6.45) is -4.54. The molecule has 0 saturated carbocycles.